The van der Waals surface area contributed by atoms with Gasteiger partial charge in [-0.05, 0) is 36.4 Å². The van der Waals surface area contributed by atoms with Gasteiger partial charge in [-0.15, -0.1) is 0 Å². The van der Waals surface area contributed by atoms with Gasteiger partial charge in [0.2, 0.25) is 0 Å². The number of rotatable bonds is 5. The van der Waals surface area contributed by atoms with Crippen LogP contribution in [0.25, 0.3) is 11.5 Å². The Bertz CT molecular complexity index is 1110. The van der Waals surface area contributed by atoms with Crippen LogP contribution in [-0.2, 0) is 6.54 Å². The van der Waals surface area contributed by atoms with Crippen molar-refractivity contribution in [2.75, 3.05) is 5.32 Å². The highest BCUT2D eigenvalue weighted by atomic mass is 35.5. The molecule has 2 aliphatic rings. The first-order valence-electron chi connectivity index (χ1n) is 8.22. The van der Waals surface area contributed by atoms with Crippen LogP contribution >= 0.6 is 23.2 Å². The number of benzene rings is 2. The second kappa shape index (κ2) is 7.46. The number of carboxylic acids is 1. The summed E-state index contributed by atoms with van der Waals surface area (Å²) in [5, 5.41) is 13.3. The van der Waals surface area contributed by atoms with Crippen LogP contribution in [0.1, 0.15) is 15.9 Å². The molecule has 0 amide bonds. The molecule has 28 heavy (non-hydrogen) atoms. The van der Waals surface area contributed by atoms with Crippen molar-refractivity contribution in [1.82, 2.24) is 19.5 Å². The van der Waals surface area contributed by atoms with E-state index in [9.17, 15) is 4.79 Å². The van der Waals surface area contributed by atoms with Crippen LogP contribution in [0.5, 0.6) is 0 Å². The van der Waals surface area contributed by atoms with E-state index >= 15 is 0 Å². The summed E-state index contributed by atoms with van der Waals surface area (Å²) in [5.41, 5.74) is 2.24. The molecule has 0 aromatic heterocycles. The molecule has 0 unspecified atom stereocenters. The van der Waals surface area contributed by atoms with Gasteiger partial charge in [0.15, 0.2) is 17.3 Å². The molecule has 2 aromatic rings. The minimum Gasteiger partial charge on any atom is -0.478 e. The predicted octanol–water partition coefficient (Wildman–Crippen LogP) is 4.57. The average molecular weight is 414 g/mol. The molecule has 0 spiro atoms. The normalized spacial score (nSPS) is 10.9. The van der Waals surface area contributed by atoms with E-state index in [0.29, 0.717) is 39.6 Å². The van der Waals surface area contributed by atoms with Gasteiger partial charge in [0, 0.05) is 21.3 Å². The first-order chi connectivity index (χ1) is 13.5. The summed E-state index contributed by atoms with van der Waals surface area (Å²) in [5.74, 6) is 0.153. The van der Waals surface area contributed by atoms with Crippen molar-refractivity contribution in [3.8, 4) is 11.5 Å². The quantitative estimate of drug-likeness (QED) is 0.497. The van der Waals surface area contributed by atoms with Crippen molar-refractivity contribution in [2.24, 2.45) is 0 Å². The molecule has 0 fully saturated rings. The van der Waals surface area contributed by atoms with E-state index in [1.54, 1.807) is 36.7 Å². The minimum absolute atomic E-state index is 0.208. The topological polar surface area (TPSA) is 92.9 Å². The number of hydrogen-bond acceptors (Lipinski definition) is 5. The number of halogens is 2. The van der Waals surface area contributed by atoms with Crippen LogP contribution in [0.3, 0.4) is 0 Å². The fourth-order valence-electron chi connectivity index (χ4n) is 2.77. The lowest BCUT2D eigenvalue weighted by Crippen LogP contribution is -2.10. The van der Waals surface area contributed by atoms with Crippen molar-refractivity contribution >= 4 is 40.7 Å². The van der Waals surface area contributed by atoms with Crippen molar-refractivity contribution in [1.29, 1.82) is 0 Å². The van der Waals surface area contributed by atoms with Crippen molar-refractivity contribution in [3.05, 3.63) is 76.3 Å². The Morgan fingerprint density at radius 1 is 1.04 bits per heavy atom. The Labute approximate surface area is 170 Å². The van der Waals surface area contributed by atoms with Crippen LogP contribution in [0, 0.1) is 0 Å². The van der Waals surface area contributed by atoms with E-state index in [1.165, 1.54) is 18.5 Å². The molecule has 2 aromatic carbocycles. The zero-order valence-corrected chi connectivity index (χ0v) is 15.8. The van der Waals surface area contributed by atoms with Gasteiger partial charge >= 0.3 is 5.97 Å². The number of fused-ring (bicyclic) bond motifs is 1. The van der Waals surface area contributed by atoms with E-state index in [-0.39, 0.29) is 5.56 Å². The van der Waals surface area contributed by atoms with Gasteiger partial charge in [0.05, 0.1) is 18.4 Å². The molecule has 0 radical (unpaired) electrons. The Morgan fingerprint density at radius 3 is 2.43 bits per heavy atom. The second-order valence-corrected chi connectivity index (χ2v) is 6.79. The van der Waals surface area contributed by atoms with Crippen LogP contribution in [0.15, 0.2) is 55.1 Å². The largest absolute Gasteiger partial charge is 0.478 e. The molecule has 2 heterocycles. The number of aromatic carboxylic acids is 1. The third-order valence-corrected chi connectivity index (χ3v) is 4.89. The summed E-state index contributed by atoms with van der Waals surface area (Å²) < 4.78 is 1.81. The number of imidazole rings is 1. The lowest BCUT2D eigenvalue weighted by atomic mass is 10.2. The molecule has 2 N–H and O–H groups in total. The van der Waals surface area contributed by atoms with E-state index in [1.807, 2.05) is 4.57 Å². The lowest BCUT2D eigenvalue weighted by molar-refractivity contribution is 0.0697. The molecular weight excluding hydrogens is 401 g/mol. The lowest BCUT2D eigenvalue weighted by Gasteiger charge is -2.15. The molecule has 7 nitrogen and oxygen atoms in total. The van der Waals surface area contributed by atoms with E-state index in [0.717, 1.165) is 5.56 Å². The first-order valence-corrected chi connectivity index (χ1v) is 8.97. The predicted molar refractivity (Wildman–Crippen MR) is 107 cm³/mol. The minimum atomic E-state index is -0.979. The summed E-state index contributed by atoms with van der Waals surface area (Å²) in [6.45, 7) is 0.397. The molecule has 0 saturated heterocycles. The third kappa shape index (κ3) is 3.49. The van der Waals surface area contributed by atoms with E-state index < -0.39 is 5.97 Å². The highest BCUT2D eigenvalue weighted by molar-refractivity contribution is 6.36. The van der Waals surface area contributed by atoms with Gasteiger partial charge in [-0.25, -0.2) is 19.7 Å². The van der Waals surface area contributed by atoms with Crippen molar-refractivity contribution in [2.45, 2.75) is 6.54 Å². The van der Waals surface area contributed by atoms with Gasteiger partial charge in [-0.3, -0.25) is 0 Å². The number of carbonyl (C=O) groups is 1. The molecule has 2 aliphatic heterocycles. The number of hydrogen-bond donors (Lipinski definition) is 2. The van der Waals surface area contributed by atoms with Gasteiger partial charge in [0.1, 0.15) is 6.33 Å². The molecule has 0 aliphatic carbocycles. The monoisotopic (exact) mass is 413 g/mol. The molecule has 9 heteroatoms. The Morgan fingerprint density at radius 2 is 1.75 bits per heavy atom. The third-order valence-electron chi connectivity index (χ3n) is 4.19. The van der Waals surface area contributed by atoms with Crippen LogP contribution < -0.4 is 5.32 Å². The average Bonchev–Trinajstić information content (AvgIpc) is 3.17. The van der Waals surface area contributed by atoms with Gasteiger partial charge in [-0.2, -0.15) is 0 Å². The maximum absolute atomic E-state index is 11.0. The number of nitrogens with zero attached hydrogens (tertiary/aromatic N) is 4. The van der Waals surface area contributed by atoms with Crippen molar-refractivity contribution in [3.63, 3.8) is 0 Å². The SMILES string of the molecule is O=C(O)c1ccc(Nc2ncn(Cc3c(Cl)cccc3Cl)c3ncnc2-3)cc1. The van der Waals surface area contributed by atoms with Gasteiger partial charge < -0.3 is 15.0 Å². The maximum Gasteiger partial charge on any atom is 0.335 e. The van der Waals surface area contributed by atoms with Gasteiger partial charge in [-0.1, -0.05) is 29.3 Å². The summed E-state index contributed by atoms with van der Waals surface area (Å²) in [7, 11) is 0. The van der Waals surface area contributed by atoms with Crippen LogP contribution in [0.2, 0.25) is 10.0 Å². The number of anilines is 2. The molecule has 4 rings (SSSR count). The maximum atomic E-state index is 11.0. The zero-order chi connectivity index (χ0) is 19.7. The van der Waals surface area contributed by atoms with Crippen molar-refractivity contribution < 1.29 is 9.90 Å². The second-order valence-electron chi connectivity index (χ2n) is 5.97. The number of nitrogens with one attached hydrogen (secondary N) is 1. The summed E-state index contributed by atoms with van der Waals surface area (Å²) in [6, 6.07) is 11.7. The first kappa shape index (κ1) is 18.2. The molecule has 0 atom stereocenters. The number of aromatic nitrogens is 4. The number of carboxylic acid groups (broad SMARTS) is 1. The summed E-state index contributed by atoms with van der Waals surface area (Å²) in [6.07, 6.45) is 3.08. The molecule has 140 valence electrons. The molecular formula is C19H13Cl2N5O2. The van der Waals surface area contributed by atoms with Gasteiger partial charge in [0.25, 0.3) is 0 Å². The molecule has 0 saturated carbocycles. The standard InChI is InChI=1S/C19H13Cl2N5O2/c20-14-2-1-3-15(21)13(14)8-26-10-24-17(16-18(26)23-9-22-16)25-12-6-4-11(5-7-12)19(27)28/h1-7,9-10,25H,8H2,(H,27,28). The van der Waals surface area contributed by atoms with E-state index in [2.05, 4.69) is 20.3 Å². The Balaban J connectivity index is 1.65. The highest BCUT2D eigenvalue weighted by Gasteiger charge is 2.18. The fourth-order valence-corrected chi connectivity index (χ4v) is 3.29. The highest BCUT2D eigenvalue weighted by Crippen LogP contribution is 2.30. The van der Waals surface area contributed by atoms with E-state index in [4.69, 9.17) is 28.3 Å². The van der Waals surface area contributed by atoms with Crippen LogP contribution in [-0.4, -0.2) is 30.6 Å². The smallest absolute Gasteiger partial charge is 0.335 e. The zero-order valence-electron chi connectivity index (χ0n) is 14.3. The fraction of sp³-hybridized carbons (Fsp3) is 0.0526. The summed E-state index contributed by atoms with van der Waals surface area (Å²) >= 11 is 12.5. The summed E-state index contributed by atoms with van der Waals surface area (Å²) in [4.78, 5) is 24.0. The molecule has 0 bridgehead atoms. The van der Waals surface area contributed by atoms with Crippen LogP contribution in [0.4, 0.5) is 11.5 Å². The Hall–Kier alpha value is -3.16. The Kier molecular flexibility index (Phi) is 4.85.